The normalized spacial score (nSPS) is 14.5. The highest BCUT2D eigenvalue weighted by Crippen LogP contribution is 2.32. The minimum absolute atomic E-state index is 0.280. The summed E-state index contributed by atoms with van der Waals surface area (Å²) in [4.78, 5) is 25.2. The highest BCUT2D eigenvalue weighted by Gasteiger charge is 2.26. The summed E-state index contributed by atoms with van der Waals surface area (Å²) in [5.41, 5.74) is 1.22. The maximum Gasteiger partial charge on any atom is 0.410 e. The molecule has 1 saturated heterocycles. The predicted molar refractivity (Wildman–Crippen MR) is 111 cm³/mol. The van der Waals surface area contributed by atoms with E-state index in [1.807, 2.05) is 45.0 Å². The van der Waals surface area contributed by atoms with Crippen LogP contribution in [0.25, 0.3) is 11.3 Å². The SMILES string of the molecule is COc1ccc(-c2ccnc(N3CCN(C(=O)OC(C)(C)C)CC3)n2)cc1OC. The molecule has 8 heteroatoms. The molecule has 8 nitrogen and oxygen atoms in total. The van der Waals surface area contributed by atoms with E-state index in [-0.39, 0.29) is 6.09 Å². The maximum atomic E-state index is 12.2. The standard InChI is InChI=1S/C21H28N4O4/c1-21(2,3)29-20(26)25-12-10-24(11-13-25)19-22-9-8-16(23-19)15-6-7-17(27-4)18(14-15)28-5/h6-9,14H,10-13H2,1-5H3. The molecule has 1 aliphatic rings. The predicted octanol–water partition coefficient (Wildman–Crippen LogP) is 3.22. The Bertz CT molecular complexity index is 858. The van der Waals surface area contributed by atoms with Crippen LogP contribution in [-0.4, -0.2) is 67.0 Å². The third-order valence-electron chi connectivity index (χ3n) is 4.54. The number of ether oxygens (including phenoxy) is 3. The van der Waals surface area contributed by atoms with Crippen LogP contribution in [-0.2, 0) is 4.74 Å². The van der Waals surface area contributed by atoms with Crippen molar-refractivity contribution < 1.29 is 19.0 Å². The van der Waals surface area contributed by atoms with Crippen molar-refractivity contribution >= 4 is 12.0 Å². The van der Waals surface area contributed by atoms with Crippen LogP contribution < -0.4 is 14.4 Å². The Morgan fingerprint density at radius 1 is 1.00 bits per heavy atom. The number of hydrogen-bond donors (Lipinski definition) is 0. The Morgan fingerprint density at radius 3 is 2.31 bits per heavy atom. The van der Waals surface area contributed by atoms with Crippen molar-refractivity contribution in [3.8, 4) is 22.8 Å². The quantitative estimate of drug-likeness (QED) is 0.780. The molecule has 1 fully saturated rings. The van der Waals surface area contributed by atoms with Gasteiger partial charge in [-0.25, -0.2) is 14.8 Å². The van der Waals surface area contributed by atoms with E-state index in [1.165, 1.54) is 0 Å². The van der Waals surface area contributed by atoms with E-state index in [9.17, 15) is 4.79 Å². The van der Waals surface area contributed by atoms with Crippen LogP contribution in [0, 0.1) is 0 Å². The number of amides is 1. The Morgan fingerprint density at radius 2 is 1.69 bits per heavy atom. The molecule has 0 N–H and O–H groups in total. The number of carbonyl (C=O) groups excluding carboxylic acids is 1. The van der Waals surface area contributed by atoms with Crippen LogP contribution in [0.1, 0.15) is 20.8 Å². The van der Waals surface area contributed by atoms with Gasteiger partial charge in [0.05, 0.1) is 19.9 Å². The van der Waals surface area contributed by atoms with E-state index in [0.29, 0.717) is 43.6 Å². The number of nitrogens with zero attached hydrogens (tertiary/aromatic N) is 4. The van der Waals surface area contributed by atoms with Gasteiger partial charge in [0.25, 0.3) is 0 Å². The van der Waals surface area contributed by atoms with Gasteiger partial charge in [0.1, 0.15) is 5.60 Å². The molecule has 0 atom stereocenters. The highest BCUT2D eigenvalue weighted by atomic mass is 16.6. The monoisotopic (exact) mass is 400 g/mol. The molecule has 0 spiro atoms. The Hall–Kier alpha value is -3.03. The first-order chi connectivity index (χ1) is 13.8. The van der Waals surface area contributed by atoms with Gasteiger partial charge in [-0.3, -0.25) is 0 Å². The summed E-state index contributed by atoms with van der Waals surface area (Å²) in [5, 5.41) is 0. The molecule has 1 aliphatic heterocycles. The van der Waals surface area contributed by atoms with E-state index >= 15 is 0 Å². The molecule has 0 aliphatic carbocycles. The Kier molecular flexibility index (Phi) is 6.10. The second-order valence-corrected chi connectivity index (χ2v) is 7.77. The lowest BCUT2D eigenvalue weighted by molar-refractivity contribution is 0.0240. The van der Waals surface area contributed by atoms with Crippen molar-refractivity contribution in [3.63, 3.8) is 0 Å². The molecule has 1 aromatic heterocycles. The zero-order chi connectivity index (χ0) is 21.0. The van der Waals surface area contributed by atoms with Gasteiger partial charge in [-0.2, -0.15) is 0 Å². The van der Waals surface area contributed by atoms with Crippen molar-refractivity contribution in [2.45, 2.75) is 26.4 Å². The number of methoxy groups -OCH3 is 2. The fraction of sp³-hybridized carbons (Fsp3) is 0.476. The number of carbonyl (C=O) groups is 1. The third-order valence-corrected chi connectivity index (χ3v) is 4.54. The lowest BCUT2D eigenvalue weighted by atomic mass is 10.1. The number of rotatable bonds is 4. The summed E-state index contributed by atoms with van der Waals surface area (Å²) in [6.07, 6.45) is 1.46. The van der Waals surface area contributed by atoms with Crippen molar-refractivity contribution in [1.29, 1.82) is 0 Å². The molecule has 1 aromatic carbocycles. The van der Waals surface area contributed by atoms with E-state index in [2.05, 4.69) is 9.88 Å². The number of benzene rings is 1. The van der Waals surface area contributed by atoms with Gasteiger partial charge in [0, 0.05) is 37.9 Å². The molecule has 0 saturated carbocycles. The summed E-state index contributed by atoms with van der Waals surface area (Å²) in [5.74, 6) is 1.96. The molecule has 0 bridgehead atoms. The lowest BCUT2D eigenvalue weighted by Gasteiger charge is -2.35. The van der Waals surface area contributed by atoms with Crippen molar-refractivity contribution in [2.24, 2.45) is 0 Å². The van der Waals surface area contributed by atoms with Crippen molar-refractivity contribution in [2.75, 3.05) is 45.3 Å². The molecule has 2 heterocycles. The fourth-order valence-electron chi connectivity index (χ4n) is 3.07. The van der Waals surface area contributed by atoms with Crippen molar-refractivity contribution in [1.82, 2.24) is 14.9 Å². The van der Waals surface area contributed by atoms with Gasteiger partial charge >= 0.3 is 6.09 Å². The molecule has 0 radical (unpaired) electrons. The van der Waals surface area contributed by atoms with Gasteiger partial charge in [0.15, 0.2) is 11.5 Å². The average Bonchev–Trinajstić information content (AvgIpc) is 2.72. The number of anilines is 1. The molecule has 3 rings (SSSR count). The first-order valence-corrected chi connectivity index (χ1v) is 9.59. The zero-order valence-electron chi connectivity index (χ0n) is 17.6. The van der Waals surface area contributed by atoms with E-state index in [4.69, 9.17) is 19.2 Å². The summed E-state index contributed by atoms with van der Waals surface area (Å²) in [6, 6.07) is 7.55. The van der Waals surface area contributed by atoms with E-state index in [0.717, 1.165) is 11.3 Å². The highest BCUT2D eigenvalue weighted by molar-refractivity contribution is 5.68. The summed E-state index contributed by atoms with van der Waals surface area (Å²) >= 11 is 0. The van der Waals surface area contributed by atoms with Gasteiger partial charge in [-0.15, -0.1) is 0 Å². The number of piperazine rings is 1. The largest absolute Gasteiger partial charge is 0.493 e. The lowest BCUT2D eigenvalue weighted by Crippen LogP contribution is -2.50. The fourth-order valence-corrected chi connectivity index (χ4v) is 3.07. The van der Waals surface area contributed by atoms with E-state index in [1.54, 1.807) is 25.3 Å². The van der Waals surface area contributed by atoms with Crippen LogP contribution in [0.3, 0.4) is 0 Å². The maximum absolute atomic E-state index is 12.2. The van der Waals surface area contributed by atoms with Gasteiger partial charge in [-0.05, 0) is 45.0 Å². The van der Waals surface area contributed by atoms with Crippen LogP contribution in [0.2, 0.25) is 0 Å². The minimum Gasteiger partial charge on any atom is -0.493 e. The zero-order valence-corrected chi connectivity index (χ0v) is 17.6. The molecule has 2 aromatic rings. The first kappa shape index (κ1) is 20.7. The van der Waals surface area contributed by atoms with Crippen LogP contribution >= 0.6 is 0 Å². The second-order valence-electron chi connectivity index (χ2n) is 7.77. The third kappa shape index (κ3) is 5.07. The van der Waals surface area contributed by atoms with Crippen molar-refractivity contribution in [3.05, 3.63) is 30.5 Å². The second kappa shape index (κ2) is 8.55. The van der Waals surface area contributed by atoms with E-state index < -0.39 is 5.60 Å². The van der Waals surface area contributed by atoms with Gasteiger partial charge in [-0.1, -0.05) is 0 Å². The summed E-state index contributed by atoms with van der Waals surface area (Å²) in [6.45, 7) is 8.04. The molecule has 0 unspecified atom stereocenters. The Labute approximate surface area is 171 Å². The molecule has 29 heavy (non-hydrogen) atoms. The molecule has 1 amide bonds. The first-order valence-electron chi connectivity index (χ1n) is 9.59. The summed E-state index contributed by atoms with van der Waals surface area (Å²) < 4.78 is 16.1. The number of aromatic nitrogens is 2. The minimum atomic E-state index is -0.495. The van der Waals surface area contributed by atoms with Crippen LogP contribution in [0.4, 0.5) is 10.7 Å². The van der Waals surface area contributed by atoms with Crippen LogP contribution in [0.15, 0.2) is 30.5 Å². The van der Waals surface area contributed by atoms with Gasteiger partial charge < -0.3 is 24.0 Å². The topological polar surface area (TPSA) is 77.0 Å². The average molecular weight is 400 g/mol. The molecular formula is C21H28N4O4. The van der Waals surface area contributed by atoms with Gasteiger partial charge in [0.2, 0.25) is 5.95 Å². The number of hydrogen-bond acceptors (Lipinski definition) is 7. The smallest absolute Gasteiger partial charge is 0.410 e. The molecule has 156 valence electrons. The molecular weight excluding hydrogens is 372 g/mol. The Balaban J connectivity index is 1.70. The summed E-state index contributed by atoms with van der Waals surface area (Å²) in [7, 11) is 3.22. The van der Waals surface area contributed by atoms with Crippen LogP contribution in [0.5, 0.6) is 11.5 Å².